The minimum absolute atomic E-state index is 0.0665. The molecule has 0 aliphatic heterocycles. The van der Waals surface area contributed by atoms with Gasteiger partial charge in [0.1, 0.15) is 6.04 Å². The first-order chi connectivity index (χ1) is 10.2. The molecule has 1 rings (SSSR count). The fraction of sp³-hybridized carbons (Fsp3) is 0.467. The molecular formula is C15H20N2O4S. The number of nitriles is 1. The van der Waals surface area contributed by atoms with Crippen molar-refractivity contribution in [1.82, 2.24) is 4.72 Å². The number of hydrogen-bond donors (Lipinski definition) is 2. The Hall–Kier alpha value is -1.91. The molecule has 1 atom stereocenters. The van der Waals surface area contributed by atoms with Gasteiger partial charge in [0.25, 0.3) is 0 Å². The Kier molecular flexibility index (Phi) is 6.09. The number of carbonyl (C=O) groups is 1. The van der Waals surface area contributed by atoms with Gasteiger partial charge in [-0.3, -0.25) is 4.79 Å². The van der Waals surface area contributed by atoms with Crippen LogP contribution in [0.15, 0.2) is 30.3 Å². The van der Waals surface area contributed by atoms with Gasteiger partial charge in [-0.15, -0.1) is 0 Å². The number of rotatable bonds is 8. The van der Waals surface area contributed by atoms with E-state index in [9.17, 15) is 18.3 Å². The van der Waals surface area contributed by atoms with Crippen LogP contribution in [0, 0.1) is 16.7 Å². The van der Waals surface area contributed by atoms with Crippen molar-refractivity contribution in [2.45, 2.75) is 32.7 Å². The lowest BCUT2D eigenvalue weighted by Crippen LogP contribution is -2.43. The first-order valence-electron chi connectivity index (χ1n) is 6.83. The molecule has 2 N–H and O–H groups in total. The molecule has 0 amide bonds. The number of carboxylic acids is 1. The van der Waals surface area contributed by atoms with E-state index >= 15 is 0 Å². The van der Waals surface area contributed by atoms with Gasteiger partial charge in [-0.2, -0.15) is 5.26 Å². The van der Waals surface area contributed by atoms with E-state index in [1.165, 1.54) is 0 Å². The zero-order chi connectivity index (χ0) is 16.8. The summed E-state index contributed by atoms with van der Waals surface area (Å²) in [6, 6.07) is 9.60. The third-order valence-corrected chi connectivity index (χ3v) is 4.59. The van der Waals surface area contributed by atoms with Crippen LogP contribution in [-0.4, -0.2) is 31.3 Å². The highest BCUT2D eigenvalue weighted by Gasteiger charge is 2.27. The molecule has 0 fully saturated rings. The van der Waals surface area contributed by atoms with Gasteiger partial charge in [0.2, 0.25) is 10.0 Å². The summed E-state index contributed by atoms with van der Waals surface area (Å²) in [7, 11) is -3.77. The number of sulfonamides is 1. The van der Waals surface area contributed by atoms with Crippen molar-refractivity contribution in [3.63, 3.8) is 0 Å². The van der Waals surface area contributed by atoms with Gasteiger partial charge in [0.05, 0.1) is 17.2 Å². The Morgan fingerprint density at radius 1 is 1.36 bits per heavy atom. The van der Waals surface area contributed by atoms with E-state index in [1.54, 1.807) is 44.2 Å². The summed E-state index contributed by atoms with van der Waals surface area (Å²) in [5.74, 6) is -1.52. The number of aliphatic carboxylic acids is 1. The van der Waals surface area contributed by atoms with E-state index in [-0.39, 0.29) is 18.6 Å². The minimum Gasteiger partial charge on any atom is -0.480 e. The summed E-state index contributed by atoms with van der Waals surface area (Å²) in [5.41, 5.74) is -0.0395. The fourth-order valence-corrected chi connectivity index (χ4v) is 3.26. The maximum absolute atomic E-state index is 12.0. The Balaban J connectivity index is 2.74. The highest BCUT2D eigenvalue weighted by Crippen LogP contribution is 2.19. The number of carboxylic acid groups (broad SMARTS) is 1. The molecule has 0 aliphatic carbocycles. The van der Waals surface area contributed by atoms with Crippen LogP contribution in [0.4, 0.5) is 0 Å². The maximum atomic E-state index is 12.0. The molecule has 0 saturated carbocycles. The molecule has 120 valence electrons. The normalized spacial score (nSPS) is 13.3. The van der Waals surface area contributed by atoms with Gasteiger partial charge in [-0.1, -0.05) is 30.3 Å². The average Bonchev–Trinajstić information content (AvgIpc) is 2.46. The average molecular weight is 324 g/mol. The molecule has 0 unspecified atom stereocenters. The van der Waals surface area contributed by atoms with E-state index < -0.39 is 27.4 Å². The van der Waals surface area contributed by atoms with Gasteiger partial charge in [-0.25, -0.2) is 13.1 Å². The molecule has 1 aromatic rings. The Morgan fingerprint density at radius 2 is 1.95 bits per heavy atom. The van der Waals surface area contributed by atoms with Gasteiger partial charge >= 0.3 is 5.97 Å². The summed E-state index contributed by atoms with van der Waals surface area (Å²) >= 11 is 0. The Labute approximate surface area is 130 Å². The number of nitrogens with zero attached hydrogens (tertiary/aromatic N) is 1. The van der Waals surface area contributed by atoms with Gasteiger partial charge < -0.3 is 5.11 Å². The number of benzene rings is 1. The van der Waals surface area contributed by atoms with Crippen LogP contribution in [0.5, 0.6) is 0 Å². The van der Waals surface area contributed by atoms with Crippen LogP contribution < -0.4 is 4.72 Å². The topological polar surface area (TPSA) is 107 Å². The molecule has 0 bridgehead atoms. The molecule has 0 heterocycles. The number of hydrogen-bond acceptors (Lipinski definition) is 4. The highest BCUT2D eigenvalue weighted by molar-refractivity contribution is 7.89. The molecule has 22 heavy (non-hydrogen) atoms. The molecule has 0 radical (unpaired) electrons. The van der Waals surface area contributed by atoms with E-state index in [4.69, 9.17) is 5.26 Å². The van der Waals surface area contributed by atoms with Crippen molar-refractivity contribution in [3.8, 4) is 6.07 Å². The molecule has 7 heteroatoms. The van der Waals surface area contributed by atoms with Gasteiger partial charge in [-0.05, 0) is 32.3 Å². The molecule has 0 aliphatic rings. The van der Waals surface area contributed by atoms with Gasteiger partial charge in [0.15, 0.2) is 0 Å². The first kappa shape index (κ1) is 18.1. The van der Waals surface area contributed by atoms with Crippen molar-refractivity contribution in [1.29, 1.82) is 5.26 Å². The van der Waals surface area contributed by atoms with Crippen LogP contribution in [0.25, 0.3) is 0 Å². The SMILES string of the molecule is CC(C)(C#N)CCS(=O)(=O)N[C@H](Cc1ccccc1)C(=O)O. The number of nitrogens with one attached hydrogen (secondary N) is 1. The van der Waals surface area contributed by atoms with E-state index in [0.29, 0.717) is 0 Å². The van der Waals surface area contributed by atoms with E-state index in [0.717, 1.165) is 5.56 Å². The van der Waals surface area contributed by atoms with E-state index in [2.05, 4.69) is 4.72 Å². The highest BCUT2D eigenvalue weighted by atomic mass is 32.2. The largest absolute Gasteiger partial charge is 0.480 e. The lowest BCUT2D eigenvalue weighted by molar-refractivity contribution is -0.138. The quantitative estimate of drug-likeness (QED) is 0.754. The van der Waals surface area contributed by atoms with Crippen LogP contribution in [-0.2, 0) is 21.2 Å². The monoisotopic (exact) mass is 324 g/mol. The Bertz CT molecular complexity index is 648. The third-order valence-electron chi connectivity index (χ3n) is 3.20. The van der Waals surface area contributed by atoms with Crippen LogP contribution in [0.1, 0.15) is 25.8 Å². The van der Waals surface area contributed by atoms with Crippen LogP contribution in [0.2, 0.25) is 0 Å². The molecular weight excluding hydrogens is 304 g/mol. The second-order valence-corrected chi connectivity index (χ2v) is 7.64. The van der Waals surface area contributed by atoms with E-state index in [1.807, 2.05) is 6.07 Å². The van der Waals surface area contributed by atoms with Gasteiger partial charge in [0, 0.05) is 0 Å². The van der Waals surface area contributed by atoms with Crippen LogP contribution in [0.3, 0.4) is 0 Å². The zero-order valence-corrected chi connectivity index (χ0v) is 13.4. The molecule has 0 saturated heterocycles. The second-order valence-electron chi connectivity index (χ2n) is 5.76. The second kappa shape index (κ2) is 7.38. The lowest BCUT2D eigenvalue weighted by atomic mass is 9.93. The lowest BCUT2D eigenvalue weighted by Gasteiger charge is -2.18. The summed E-state index contributed by atoms with van der Waals surface area (Å²) in [4.78, 5) is 11.3. The fourth-order valence-electron chi connectivity index (χ4n) is 1.75. The van der Waals surface area contributed by atoms with Crippen molar-refractivity contribution in [3.05, 3.63) is 35.9 Å². The smallest absolute Gasteiger partial charge is 0.322 e. The summed E-state index contributed by atoms with van der Waals surface area (Å²) in [6.45, 7) is 3.28. The van der Waals surface area contributed by atoms with Crippen molar-refractivity contribution >= 4 is 16.0 Å². The molecule has 0 spiro atoms. The third kappa shape index (κ3) is 6.24. The first-order valence-corrected chi connectivity index (χ1v) is 8.48. The minimum atomic E-state index is -3.77. The van der Waals surface area contributed by atoms with Crippen LogP contribution >= 0.6 is 0 Å². The predicted molar refractivity (Wildman–Crippen MR) is 82.5 cm³/mol. The molecule has 6 nitrogen and oxygen atoms in total. The molecule has 1 aromatic carbocycles. The molecule has 0 aromatic heterocycles. The zero-order valence-electron chi connectivity index (χ0n) is 12.6. The standard InChI is InChI=1S/C15H20N2O4S/c1-15(2,11-16)8-9-22(20,21)17-13(14(18)19)10-12-6-4-3-5-7-12/h3-7,13,17H,8-10H2,1-2H3,(H,18,19)/t13-/m1/s1. The Morgan fingerprint density at radius 3 is 2.45 bits per heavy atom. The summed E-state index contributed by atoms with van der Waals surface area (Å²) in [5, 5.41) is 18.1. The van der Waals surface area contributed by atoms with Crippen molar-refractivity contribution < 1.29 is 18.3 Å². The maximum Gasteiger partial charge on any atom is 0.322 e. The van der Waals surface area contributed by atoms with Crippen molar-refractivity contribution in [2.24, 2.45) is 5.41 Å². The summed E-state index contributed by atoms with van der Waals surface area (Å²) < 4.78 is 26.2. The predicted octanol–water partition coefficient (Wildman–Crippen LogP) is 1.54. The van der Waals surface area contributed by atoms with Crippen molar-refractivity contribution in [2.75, 3.05) is 5.75 Å². The summed E-state index contributed by atoms with van der Waals surface area (Å²) in [6.07, 6.45) is 0.202.